The standard InChI is InChI=1S/C20H31F3N4O.HI/c1-4-24-19(25-12-17-10-11-27(14-17)15-20(21,22)23)26(3)13-16-6-8-18(9-7-16)28-5-2;/h6-9,17H,4-5,10-15H2,1-3H3,(H,24,25);1H. The summed E-state index contributed by atoms with van der Waals surface area (Å²) in [5, 5.41) is 3.27. The second kappa shape index (κ2) is 12.5. The summed E-state index contributed by atoms with van der Waals surface area (Å²) < 4.78 is 43.1. The van der Waals surface area contributed by atoms with Crippen LogP contribution < -0.4 is 10.1 Å². The Kier molecular flexibility index (Phi) is 11.1. The normalized spacial score (nSPS) is 17.7. The van der Waals surface area contributed by atoms with E-state index in [0.717, 1.165) is 30.2 Å². The average molecular weight is 528 g/mol. The number of benzene rings is 1. The Bertz CT molecular complexity index is 625. The molecule has 0 aliphatic carbocycles. The highest BCUT2D eigenvalue weighted by Crippen LogP contribution is 2.23. The molecule has 0 amide bonds. The Morgan fingerprint density at radius 2 is 1.97 bits per heavy atom. The van der Waals surface area contributed by atoms with Gasteiger partial charge in [0.05, 0.1) is 13.2 Å². The van der Waals surface area contributed by atoms with Crippen LogP contribution in [-0.2, 0) is 6.54 Å². The third-order valence-corrected chi connectivity index (χ3v) is 4.62. The number of halogens is 4. The minimum absolute atomic E-state index is 0. The lowest BCUT2D eigenvalue weighted by Crippen LogP contribution is -2.39. The number of hydrogen-bond acceptors (Lipinski definition) is 3. The van der Waals surface area contributed by atoms with Crippen LogP contribution in [0.1, 0.15) is 25.8 Å². The molecule has 166 valence electrons. The Labute approximate surface area is 188 Å². The van der Waals surface area contributed by atoms with Crippen LogP contribution in [0.5, 0.6) is 5.75 Å². The van der Waals surface area contributed by atoms with Gasteiger partial charge in [-0.2, -0.15) is 13.2 Å². The van der Waals surface area contributed by atoms with Gasteiger partial charge in [-0.05, 0) is 50.4 Å². The van der Waals surface area contributed by atoms with Crippen LogP contribution in [0.25, 0.3) is 0 Å². The predicted octanol–water partition coefficient (Wildman–Crippen LogP) is 3.98. The molecule has 1 aromatic carbocycles. The molecule has 0 radical (unpaired) electrons. The summed E-state index contributed by atoms with van der Waals surface area (Å²) in [5.41, 5.74) is 1.13. The van der Waals surface area contributed by atoms with E-state index < -0.39 is 12.7 Å². The van der Waals surface area contributed by atoms with Gasteiger partial charge >= 0.3 is 6.18 Å². The van der Waals surface area contributed by atoms with Crippen molar-refractivity contribution in [1.29, 1.82) is 0 Å². The van der Waals surface area contributed by atoms with Gasteiger partial charge < -0.3 is 15.0 Å². The number of hydrogen-bond donors (Lipinski definition) is 1. The van der Waals surface area contributed by atoms with Crippen molar-refractivity contribution in [3.63, 3.8) is 0 Å². The Hall–Kier alpha value is -1.23. The highest BCUT2D eigenvalue weighted by molar-refractivity contribution is 14.0. The predicted molar refractivity (Wildman–Crippen MR) is 121 cm³/mol. The molecule has 0 aromatic heterocycles. The number of guanidine groups is 1. The number of aliphatic imine (C=N–C) groups is 1. The topological polar surface area (TPSA) is 40.1 Å². The first kappa shape index (κ1) is 25.8. The molecule has 1 aliphatic heterocycles. The molecule has 1 unspecified atom stereocenters. The number of ether oxygens (including phenoxy) is 1. The molecule has 0 saturated carbocycles. The van der Waals surface area contributed by atoms with Crippen LogP contribution in [0.4, 0.5) is 13.2 Å². The highest BCUT2D eigenvalue weighted by Gasteiger charge is 2.34. The van der Waals surface area contributed by atoms with E-state index >= 15 is 0 Å². The molecule has 1 aromatic rings. The van der Waals surface area contributed by atoms with E-state index in [1.165, 1.54) is 4.90 Å². The summed E-state index contributed by atoms with van der Waals surface area (Å²) in [6.07, 6.45) is -3.38. The van der Waals surface area contributed by atoms with Crippen LogP contribution in [0.15, 0.2) is 29.3 Å². The zero-order valence-electron chi connectivity index (χ0n) is 17.3. The Balaban J connectivity index is 0.00000420. The van der Waals surface area contributed by atoms with Crippen LogP contribution in [0.3, 0.4) is 0 Å². The van der Waals surface area contributed by atoms with E-state index in [1.807, 2.05) is 50.1 Å². The lowest BCUT2D eigenvalue weighted by atomic mass is 10.1. The van der Waals surface area contributed by atoms with Crippen molar-refractivity contribution >= 4 is 29.9 Å². The zero-order valence-corrected chi connectivity index (χ0v) is 19.7. The zero-order chi connectivity index (χ0) is 20.6. The Morgan fingerprint density at radius 3 is 2.55 bits per heavy atom. The highest BCUT2D eigenvalue weighted by atomic mass is 127. The monoisotopic (exact) mass is 528 g/mol. The van der Waals surface area contributed by atoms with Crippen molar-refractivity contribution in [2.45, 2.75) is 33.0 Å². The molecule has 1 aliphatic rings. The Morgan fingerprint density at radius 1 is 1.28 bits per heavy atom. The number of likely N-dealkylation sites (tertiary alicyclic amines) is 1. The van der Waals surface area contributed by atoms with Gasteiger partial charge in [-0.15, -0.1) is 24.0 Å². The van der Waals surface area contributed by atoms with Gasteiger partial charge in [-0.3, -0.25) is 9.89 Å². The minimum Gasteiger partial charge on any atom is -0.494 e. The summed E-state index contributed by atoms with van der Waals surface area (Å²) in [5.74, 6) is 1.78. The van der Waals surface area contributed by atoms with Gasteiger partial charge in [0.2, 0.25) is 0 Å². The molecule has 2 rings (SSSR count). The van der Waals surface area contributed by atoms with E-state index in [0.29, 0.717) is 32.8 Å². The van der Waals surface area contributed by atoms with E-state index in [4.69, 9.17) is 4.74 Å². The lowest BCUT2D eigenvalue weighted by molar-refractivity contribution is -0.143. The number of alkyl halides is 3. The summed E-state index contributed by atoms with van der Waals surface area (Å²) in [6, 6.07) is 7.95. The molecule has 0 spiro atoms. The molecule has 1 fully saturated rings. The fraction of sp³-hybridized carbons (Fsp3) is 0.650. The second-order valence-electron chi connectivity index (χ2n) is 7.13. The van der Waals surface area contributed by atoms with Gasteiger partial charge in [0.15, 0.2) is 5.96 Å². The SMILES string of the molecule is CCNC(=NCC1CCN(CC(F)(F)F)C1)N(C)Cc1ccc(OCC)cc1.I. The maximum Gasteiger partial charge on any atom is 0.401 e. The van der Waals surface area contributed by atoms with E-state index in [9.17, 15) is 13.2 Å². The van der Waals surface area contributed by atoms with E-state index in [1.54, 1.807) is 0 Å². The second-order valence-corrected chi connectivity index (χ2v) is 7.13. The number of nitrogens with one attached hydrogen (secondary N) is 1. The van der Waals surface area contributed by atoms with Gasteiger partial charge in [0, 0.05) is 33.2 Å². The fourth-order valence-electron chi connectivity index (χ4n) is 3.35. The van der Waals surface area contributed by atoms with Crippen LogP contribution >= 0.6 is 24.0 Å². The van der Waals surface area contributed by atoms with Gasteiger partial charge in [-0.1, -0.05) is 12.1 Å². The molecule has 1 atom stereocenters. The van der Waals surface area contributed by atoms with Crippen LogP contribution in [0, 0.1) is 5.92 Å². The van der Waals surface area contributed by atoms with Crippen LogP contribution in [0.2, 0.25) is 0 Å². The molecule has 1 N–H and O–H groups in total. The molecule has 1 heterocycles. The summed E-state index contributed by atoms with van der Waals surface area (Å²) >= 11 is 0. The average Bonchev–Trinajstić information content (AvgIpc) is 3.06. The largest absolute Gasteiger partial charge is 0.494 e. The molecular formula is C20H32F3IN4O. The van der Waals surface area contributed by atoms with Crippen molar-refractivity contribution in [3.8, 4) is 5.75 Å². The van der Waals surface area contributed by atoms with Crippen molar-refractivity contribution in [2.75, 3.05) is 46.4 Å². The summed E-state index contributed by atoms with van der Waals surface area (Å²) in [4.78, 5) is 8.17. The van der Waals surface area contributed by atoms with E-state index in [-0.39, 0.29) is 29.9 Å². The maximum absolute atomic E-state index is 12.5. The molecule has 9 heteroatoms. The van der Waals surface area contributed by atoms with E-state index in [2.05, 4.69) is 10.3 Å². The molecule has 1 saturated heterocycles. The first-order chi connectivity index (χ1) is 13.3. The fourth-order valence-corrected chi connectivity index (χ4v) is 3.35. The third kappa shape index (κ3) is 9.41. The van der Waals surface area contributed by atoms with Crippen molar-refractivity contribution in [3.05, 3.63) is 29.8 Å². The first-order valence-electron chi connectivity index (χ1n) is 9.81. The van der Waals surface area contributed by atoms with Gasteiger partial charge in [0.25, 0.3) is 0 Å². The summed E-state index contributed by atoms with van der Waals surface area (Å²) in [6.45, 7) is 6.64. The maximum atomic E-state index is 12.5. The molecular weight excluding hydrogens is 496 g/mol. The lowest BCUT2D eigenvalue weighted by Gasteiger charge is -2.23. The quantitative estimate of drug-likeness (QED) is 0.315. The molecule has 29 heavy (non-hydrogen) atoms. The van der Waals surface area contributed by atoms with Crippen molar-refractivity contribution in [1.82, 2.24) is 15.1 Å². The molecule has 0 bridgehead atoms. The first-order valence-corrected chi connectivity index (χ1v) is 9.81. The van der Waals surface area contributed by atoms with Crippen molar-refractivity contribution < 1.29 is 17.9 Å². The van der Waals surface area contributed by atoms with Gasteiger partial charge in [0.1, 0.15) is 5.75 Å². The minimum atomic E-state index is -4.13. The number of rotatable bonds is 8. The smallest absolute Gasteiger partial charge is 0.401 e. The number of nitrogens with zero attached hydrogens (tertiary/aromatic N) is 3. The van der Waals surface area contributed by atoms with Crippen molar-refractivity contribution in [2.24, 2.45) is 10.9 Å². The summed E-state index contributed by atoms with van der Waals surface area (Å²) in [7, 11) is 1.96. The van der Waals surface area contributed by atoms with Gasteiger partial charge in [-0.25, -0.2) is 0 Å². The van der Waals surface area contributed by atoms with Crippen LogP contribution in [-0.4, -0.2) is 68.3 Å². The third-order valence-electron chi connectivity index (χ3n) is 4.62. The molecule has 5 nitrogen and oxygen atoms in total.